The van der Waals surface area contributed by atoms with Crippen molar-refractivity contribution >= 4 is 17.4 Å². The number of nitrogens with zero attached hydrogens (tertiary/aromatic N) is 1. The van der Waals surface area contributed by atoms with E-state index in [1.807, 2.05) is 0 Å². The Morgan fingerprint density at radius 1 is 1.53 bits per heavy atom. The fourth-order valence-corrected chi connectivity index (χ4v) is 1.75. The largest absolute Gasteiger partial charge is 0.306 e. The minimum Gasteiger partial charge on any atom is -0.297 e. The van der Waals surface area contributed by atoms with Crippen molar-refractivity contribution in [2.75, 3.05) is 6.54 Å². The summed E-state index contributed by atoms with van der Waals surface area (Å²) in [7, 11) is 0. The molecule has 2 atom stereocenters. The molecule has 1 heterocycles. The van der Waals surface area contributed by atoms with Crippen LogP contribution < -0.4 is 5.43 Å². The maximum atomic E-state index is 12.3. The lowest BCUT2D eigenvalue weighted by atomic mass is 9.86. The highest BCUT2D eigenvalue weighted by Gasteiger charge is 2.42. The number of hydrogen-bond donors (Lipinski definition) is 1. The molecule has 3 nitrogen and oxygen atoms in total. The van der Waals surface area contributed by atoms with Gasteiger partial charge in [-0.05, 0) is 0 Å². The molecular weight excluding hydrogens is 226 g/mol. The van der Waals surface area contributed by atoms with Crippen molar-refractivity contribution in [1.82, 2.24) is 10.4 Å². The Labute approximate surface area is 92.7 Å². The molecule has 2 unspecified atom stereocenters. The maximum absolute atomic E-state index is 12.3. The molecule has 6 heteroatoms. The van der Waals surface area contributed by atoms with Crippen molar-refractivity contribution in [2.24, 2.45) is 5.41 Å². The highest BCUT2D eigenvalue weighted by Crippen LogP contribution is 2.25. The summed E-state index contributed by atoms with van der Waals surface area (Å²) in [6, 6.07) is -0.722. The van der Waals surface area contributed by atoms with Crippen LogP contribution in [0.3, 0.4) is 0 Å². The van der Waals surface area contributed by atoms with Gasteiger partial charge in [0, 0.05) is 12.0 Å². The van der Waals surface area contributed by atoms with Gasteiger partial charge in [-0.1, -0.05) is 20.8 Å². The molecule has 0 aromatic heterocycles. The van der Waals surface area contributed by atoms with Gasteiger partial charge in [-0.15, -0.1) is 11.6 Å². The molecule has 0 saturated carbocycles. The van der Waals surface area contributed by atoms with E-state index in [4.69, 9.17) is 11.6 Å². The number of hydrogen-bond acceptors (Lipinski definition) is 3. The molecule has 0 aromatic carbocycles. The minimum atomic E-state index is -2.64. The Morgan fingerprint density at radius 3 is 2.40 bits per heavy atom. The van der Waals surface area contributed by atoms with E-state index in [-0.39, 0.29) is 12.3 Å². The maximum Gasteiger partial charge on any atom is 0.306 e. The van der Waals surface area contributed by atoms with Crippen molar-refractivity contribution in [3.05, 3.63) is 0 Å². The van der Waals surface area contributed by atoms with Crippen LogP contribution in [0, 0.1) is 5.41 Å². The van der Waals surface area contributed by atoms with Crippen LogP contribution in [-0.2, 0) is 4.79 Å². The number of alkyl halides is 3. The number of Topliss-reactive ketones (excluding diaryl/α,β-unsaturated/α-hetero) is 1. The molecule has 1 aliphatic rings. The summed E-state index contributed by atoms with van der Waals surface area (Å²) < 4.78 is 24.7. The lowest BCUT2D eigenvalue weighted by molar-refractivity contribution is -0.129. The lowest BCUT2D eigenvalue weighted by Gasteiger charge is -2.23. The SMILES string of the molecule is CC(C)(C)C(=O)C1NN(C(F)F)CC1Cl. The number of rotatable bonds is 2. The highest BCUT2D eigenvalue weighted by atomic mass is 35.5. The van der Waals surface area contributed by atoms with E-state index in [2.05, 4.69) is 5.43 Å². The normalized spacial score (nSPS) is 28.7. The summed E-state index contributed by atoms with van der Waals surface area (Å²) in [6.07, 6.45) is 0. The van der Waals surface area contributed by atoms with E-state index in [1.165, 1.54) is 0 Å². The molecule has 88 valence electrons. The first-order valence-corrected chi connectivity index (χ1v) is 5.16. The van der Waals surface area contributed by atoms with Gasteiger partial charge in [0.1, 0.15) is 0 Å². The first-order chi connectivity index (χ1) is 6.73. The Kier molecular flexibility index (Phi) is 3.68. The number of nitrogens with one attached hydrogen (secondary N) is 1. The van der Waals surface area contributed by atoms with Crippen molar-refractivity contribution in [2.45, 2.75) is 38.7 Å². The van der Waals surface area contributed by atoms with Crippen molar-refractivity contribution in [3.63, 3.8) is 0 Å². The number of hydrazine groups is 1. The third-order valence-corrected chi connectivity index (χ3v) is 2.68. The number of halogens is 3. The van der Waals surface area contributed by atoms with Gasteiger partial charge in [-0.25, -0.2) is 5.43 Å². The summed E-state index contributed by atoms with van der Waals surface area (Å²) in [6.45, 7) is 2.57. The summed E-state index contributed by atoms with van der Waals surface area (Å²) in [4.78, 5) is 11.8. The van der Waals surface area contributed by atoms with Crippen LogP contribution in [0.4, 0.5) is 8.78 Å². The van der Waals surface area contributed by atoms with Crippen molar-refractivity contribution in [1.29, 1.82) is 0 Å². The van der Waals surface area contributed by atoms with Crippen LogP contribution in [0.2, 0.25) is 0 Å². The van der Waals surface area contributed by atoms with Gasteiger partial charge in [0.05, 0.1) is 11.4 Å². The molecule has 0 aromatic rings. The molecule has 0 radical (unpaired) electrons. The van der Waals surface area contributed by atoms with E-state index < -0.39 is 23.4 Å². The quantitative estimate of drug-likeness (QED) is 0.588. The topological polar surface area (TPSA) is 32.3 Å². The average molecular weight is 241 g/mol. The fourth-order valence-electron chi connectivity index (χ4n) is 1.43. The first kappa shape index (κ1) is 12.8. The van der Waals surface area contributed by atoms with Crippen molar-refractivity contribution in [3.8, 4) is 0 Å². The van der Waals surface area contributed by atoms with Crippen LogP contribution in [0.1, 0.15) is 20.8 Å². The highest BCUT2D eigenvalue weighted by molar-refractivity contribution is 6.23. The van der Waals surface area contributed by atoms with Crippen LogP contribution in [0.25, 0.3) is 0 Å². The molecule has 0 amide bonds. The molecule has 1 rings (SSSR count). The molecule has 1 aliphatic heterocycles. The fraction of sp³-hybridized carbons (Fsp3) is 0.889. The number of ketones is 1. The standard InChI is InChI=1S/C9H15ClF2N2O/c1-9(2,3)7(15)6-5(10)4-14(13-6)8(11)12/h5-6,8,13H,4H2,1-3H3. The number of carbonyl (C=O) groups excluding carboxylic acids is 1. The van der Waals surface area contributed by atoms with E-state index in [0.29, 0.717) is 5.01 Å². The zero-order chi connectivity index (χ0) is 11.8. The monoisotopic (exact) mass is 240 g/mol. The van der Waals surface area contributed by atoms with E-state index in [1.54, 1.807) is 20.8 Å². The smallest absolute Gasteiger partial charge is 0.297 e. The van der Waals surface area contributed by atoms with E-state index in [0.717, 1.165) is 0 Å². The van der Waals surface area contributed by atoms with Crippen molar-refractivity contribution < 1.29 is 13.6 Å². The van der Waals surface area contributed by atoms with Crippen LogP contribution in [-0.4, -0.2) is 35.3 Å². The second kappa shape index (κ2) is 4.31. The first-order valence-electron chi connectivity index (χ1n) is 4.73. The number of carbonyl (C=O) groups is 1. The molecule has 0 spiro atoms. The lowest BCUT2D eigenvalue weighted by Crippen LogP contribution is -2.47. The average Bonchev–Trinajstić information content (AvgIpc) is 2.44. The van der Waals surface area contributed by atoms with Gasteiger partial charge >= 0.3 is 6.55 Å². The predicted molar refractivity (Wildman–Crippen MR) is 53.7 cm³/mol. The zero-order valence-corrected chi connectivity index (χ0v) is 9.68. The molecule has 1 saturated heterocycles. The second-order valence-electron chi connectivity index (χ2n) is 4.67. The summed E-state index contributed by atoms with van der Waals surface area (Å²) in [5.41, 5.74) is 1.87. The summed E-state index contributed by atoms with van der Waals surface area (Å²) in [5.74, 6) is -0.148. The Hall–Kier alpha value is -0.260. The second-order valence-corrected chi connectivity index (χ2v) is 5.23. The summed E-state index contributed by atoms with van der Waals surface area (Å²) in [5, 5.41) is 0.0946. The van der Waals surface area contributed by atoms with E-state index in [9.17, 15) is 13.6 Å². The molecule has 1 N–H and O–H groups in total. The Morgan fingerprint density at radius 2 is 2.07 bits per heavy atom. The van der Waals surface area contributed by atoms with Crippen LogP contribution >= 0.6 is 11.6 Å². The zero-order valence-electron chi connectivity index (χ0n) is 8.93. The van der Waals surface area contributed by atoms with Gasteiger partial charge in [-0.2, -0.15) is 13.8 Å². The Bertz CT molecular complexity index is 255. The van der Waals surface area contributed by atoms with Crippen LogP contribution in [0.5, 0.6) is 0 Å². The van der Waals surface area contributed by atoms with E-state index >= 15 is 0 Å². The van der Waals surface area contributed by atoms with Gasteiger partial charge in [-0.3, -0.25) is 4.79 Å². The third-order valence-electron chi connectivity index (χ3n) is 2.29. The minimum absolute atomic E-state index is 0.0221. The molecule has 1 fully saturated rings. The van der Waals surface area contributed by atoms with Gasteiger partial charge in [0.2, 0.25) is 0 Å². The van der Waals surface area contributed by atoms with Gasteiger partial charge in [0.15, 0.2) is 5.78 Å². The molecule has 0 aliphatic carbocycles. The van der Waals surface area contributed by atoms with Crippen LogP contribution in [0.15, 0.2) is 0 Å². The van der Waals surface area contributed by atoms with Gasteiger partial charge in [0.25, 0.3) is 0 Å². The molecule has 0 bridgehead atoms. The predicted octanol–water partition coefficient (Wildman–Crippen LogP) is 1.62. The molecular formula is C9H15ClF2N2O. The van der Waals surface area contributed by atoms with Gasteiger partial charge < -0.3 is 0 Å². The summed E-state index contributed by atoms with van der Waals surface area (Å²) >= 11 is 5.86. The third kappa shape index (κ3) is 2.86. The Balaban J connectivity index is 2.70. The molecule has 15 heavy (non-hydrogen) atoms.